The third kappa shape index (κ3) is 4.12. The predicted octanol–water partition coefficient (Wildman–Crippen LogP) is 0.905. The molecule has 1 aliphatic rings. The highest BCUT2D eigenvalue weighted by molar-refractivity contribution is 9.10. The first-order chi connectivity index (χ1) is 11.3. The Kier molecular flexibility index (Phi) is 5.95. The van der Waals surface area contributed by atoms with Gasteiger partial charge in [-0.15, -0.1) is 11.6 Å². The maximum Gasteiger partial charge on any atom is 0.262 e. The van der Waals surface area contributed by atoms with Gasteiger partial charge in [0.25, 0.3) is 11.8 Å². The van der Waals surface area contributed by atoms with Crippen LogP contribution in [-0.2, 0) is 9.59 Å². The van der Waals surface area contributed by atoms with Crippen LogP contribution < -0.4 is 10.6 Å². The molecule has 1 aliphatic heterocycles. The van der Waals surface area contributed by atoms with E-state index in [-0.39, 0.29) is 36.7 Å². The molecule has 0 saturated heterocycles. The summed E-state index contributed by atoms with van der Waals surface area (Å²) in [7, 11) is 0. The molecule has 24 heavy (non-hydrogen) atoms. The van der Waals surface area contributed by atoms with Crippen molar-refractivity contribution in [2.75, 3.05) is 19.6 Å². The Labute approximate surface area is 151 Å². The first-order valence-electron chi connectivity index (χ1n) is 7.15. The van der Waals surface area contributed by atoms with Crippen LogP contribution in [-0.4, -0.2) is 53.5 Å². The molecule has 1 heterocycles. The van der Waals surface area contributed by atoms with Gasteiger partial charge in [0.2, 0.25) is 11.8 Å². The van der Waals surface area contributed by atoms with Crippen LogP contribution in [0.2, 0.25) is 0 Å². The standard InChI is InChI=1S/C15H15BrClN3O4/c1-8(17)13(22)19-5-4-18-12(21)7-20-14(23)10-3-2-9(16)6-11(10)15(20)24/h2-3,6,8H,4-5,7H2,1H3,(H,18,21)(H,19,22). The summed E-state index contributed by atoms with van der Waals surface area (Å²) >= 11 is 8.83. The molecule has 0 aliphatic carbocycles. The van der Waals surface area contributed by atoms with Crippen molar-refractivity contribution < 1.29 is 19.2 Å². The lowest BCUT2D eigenvalue weighted by molar-refractivity contribution is -0.122. The van der Waals surface area contributed by atoms with Gasteiger partial charge >= 0.3 is 0 Å². The smallest absolute Gasteiger partial charge is 0.262 e. The SMILES string of the molecule is CC(Cl)C(=O)NCCNC(=O)CN1C(=O)c2ccc(Br)cc2C1=O. The molecule has 2 N–H and O–H groups in total. The first-order valence-corrected chi connectivity index (χ1v) is 8.38. The number of amides is 4. The van der Waals surface area contributed by atoms with Gasteiger partial charge in [0, 0.05) is 17.6 Å². The average molecular weight is 417 g/mol. The highest BCUT2D eigenvalue weighted by Crippen LogP contribution is 2.25. The van der Waals surface area contributed by atoms with Gasteiger partial charge in [-0.1, -0.05) is 15.9 Å². The van der Waals surface area contributed by atoms with E-state index in [2.05, 4.69) is 26.6 Å². The molecule has 9 heteroatoms. The largest absolute Gasteiger partial charge is 0.353 e. The summed E-state index contributed by atoms with van der Waals surface area (Å²) in [6.07, 6.45) is 0. The van der Waals surface area contributed by atoms with Gasteiger partial charge in [-0.2, -0.15) is 0 Å². The van der Waals surface area contributed by atoms with Crippen molar-refractivity contribution in [2.45, 2.75) is 12.3 Å². The van der Waals surface area contributed by atoms with E-state index in [0.717, 1.165) is 4.90 Å². The maximum absolute atomic E-state index is 12.2. The van der Waals surface area contributed by atoms with E-state index < -0.39 is 23.1 Å². The number of alkyl halides is 1. The monoisotopic (exact) mass is 415 g/mol. The topological polar surface area (TPSA) is 95.6 Å². The maximum atomic E-state index is 12.2. The second-order valence-electron chi connectivity index (χ2n) is 5.14. The molecule has 4 amide bonds. The van der Waals surface area contributed by atoms with Crippen molar-refractivity contribution >= 4 is 51.2 Å². The van der Waals surface area contributed by atoms with Crippen LogP contribution in [0.5, 0.6) is 0 Å². The molecule has 0 saturated carbocycles. The minimum Gasteiger partial charge on any atom is -0.353 e. The zero-order chi connectivity index (χ0) is 17.9. The summed E-state index contributed by atoms with van der Waals surface area (Å²) in [5.74, 6) is -1.83. The van der Waals surface area contributed by atoms with E-state index in [1.54, 1.807) is 18.2 Å². The summed E-state index contributed by atoms with van der Waals surface area (Å²) in [4.78, 5) is 48.4. The van der Waals surface area contributed by atoms with Crippen LogP contribution in [0.4, 0.5) is 0 Å². The van der Waals surface area contributed by atoms with Crippen molar-refractivity contribution in [3.63, 3.8) is 0 Å². The molecular formula is C15H15BrClN3O4. The molecule has 1 aromatic rings. The van der Waals surface area contributed by atoms with Gasteiger partial charge in [0.15, 0.2) is 0 Å². The van der Waals surface area contributed by atoms with Gasteiger partial charge in [-0.05, 0) is 25.1 Å². The van der Waals surface area contributed by atoms with Gasteiger partial charge in [-0.25, -0.2) is 0 Å². The van der Waals surface area contributed by atoms with E-state index >= 15 is 0 Å². The summed E-state index contributed by atoms with van der Waals surface area (Å²) in [6.45, 7) is 1.54. The molecule has 7 nitrogen and oxygen atoms in total. The molecule has 0 spiro atoms. The molecule has 0 fully saturated rings. The van der Waals surface area contributed by atoms with Gasteiger partial charge in [0.1, 0.15) is 11.9 Å². The second kappa shape index (κ2) is 7.76. The number of carbonyl (C=O) groups excluding carboxylic acids is 4. The Hall–Kier alpha value is -1.93. The third-order valence-corrected chi connectivity index (χ3v) is 4.03. The molecule has 2 rings (SSSR count). The molecular weight excluding hydrogens is 402 g/mol. The number of carbonyl (C=O) groups is 4. The van der Waals surface area contributed by atoms with Crippen molar-refractivity contribution in [2.24, 2.45) is 0 Å². The number of hydrogen-bond acceptors (Lipinski definition) is 4. The van der Waals surface area contributed by atoms with Crippen LogP contribution in [0.25, 0.3) is 0 Å². The van der Waals surface area contributed by atoms with Crippen LogP contribution in [0.1, 0.15) is 27.6 Å². The zero-order valence-electron chi connectivity index (χ0n) is 12.8. The molecule has 0 radical (unpaired) electrons. The Morgan fingerprint density at radius 1 is 1.17 bits per heavy atom. The summed E-state index contributed by atoms with van der Waals surface area (Å²) in [5.41, 5.74) is 0.546. The van der Waals surface area contributed by atoms with E-state index in [1.165, 1.54) is 6.92 Å². The summed E-state index contributed by atoms with van der Waals surface area (Å²) in [6, 6.07) is 4.75. The number of halogens is 2. The number of fused-ring (bicyclic) bond motifs is 1. The van der Waals surface area contributed by atoms with Gasteiger partial charge in [-0.3, -0.25) is 24.1 Å². The minimum atomic E-state index is -0.654. The second-order valence-corrected chi connectivity index (χ2v) is 6.71. The number of nitrogens with one attached hydrogen (secondary N) is 2. The Balaban J connectivity index is 1.86. The van der Waals surface area contributed by atoms with Crippen LogP contribution in [0, 0.1) is 0 Å². The highest BCUT2D eigenvalue weighted by atomic mass is 79.9. The lowest BCUT2D eigenvalue weighted by Gasteiger charge is -2.14. The summed E-state index contributed by atoms with van der Waals surface area (Å²) < 4.78 is 0.679. The van der Waals surface area contributed by atoms with Crippen molar-refractivity contribution in [3.8, 4) is 0 Å². The van der Waals surface area contributed by atoms with Crippen molar-refractivity contribution in [1.82, 2.24) is 15.5 Å². The van der Waals surface area contributed by atoms with Crippen molar-refractivity contribution in [1.29, 1.82) is 0 Å². The Morgan fingerprint density at radius 2 is 1.79 bits per heavy atom. The number of hydrogen-bond donors (Lipinski definition) is 2. The van der Waals surface area contributed by atoms with E-state index in [4.69, 9.17) is 11.6 Å². The Morgan fingerprint density at radius 3 is 2.46 bits per heavy atom. The van der Waals surface area contributed by atoms with Crippen LogP contribution in [0.15, 0.2) is 22.7 Å². The van der Waals surface area contributed by atoms with Gasteiger partial charge < -0.3 is 10.6 Å². The fourth-order valence-electron chi connectivity index (χ4n) is 2.13. The summed E-state index contributed by atoms with van der Waals surface area (Å²) in [5, 5.41) is 4.41. The number of imide groups is 1. The van der Waals surface area contributed by atoms with E-state index in [1.807, 2.05) is 0 Å². The predicted molar refractivity (Wildman–Crippen MR) is 90.8 cm³/mol. The van der Waals surface area contributed by atoms with E-state index in [9.17, 15) is 19.2 Å². The average Bonchev–Trinajstić information content (AvgIpc) is 2.75. The first kappa shape index (κ1) is 18.4. The number of benzene rings is 1. The van der Waals surface area contributed by atoms with Crippen molar-refractivity contribution in [3.05, 3.63) is 33.8 Å². The number of nitrogens with zero attached hydrogens (tertiary/aromatic N) is 1. The number of rotatable bonds is 6. The quantitative estimate of drug-likeness (QED) is 0.409. The normalized spacial score (nSPS) is 14.4. The van der Waals surface area contributed by atoms with Crippen LogP contribution in [0.3, 0.4) is 0 Å². The lowest BCUT2D eigenvalue weighted by Crippen LogP contribution is -2.43. The lowest BCUT2D eigenvalue weighted by atomic mass is 10.1. The Bertz CT molecular complexity index is 708. The molecule has 0 aromatic heterocycles. The molecule has 128 valence electrons. The highest BCUT2D eigenvalue weighted by Gasteiger charge is 2.36. The molecule has 1 atom stereocenters. The fourth-order valence-corrected chi connectivity index (χ4v) is 2.57. The zero-order valence-corrected chi connectivity index (χ0v) is 15.1. The fraction of sp³-hybridized carbons (Fsp3) is 0.333. The van der Waals surface area contributed by atoms with Crippen LogP contribution >= 0.6 is 27.5 Å². The van der Waals surface area contributed by atoms with E-state index in [0.29, 0.717) is 4.47 Å². The minimum absolute atomic E-state index is 0.170. The molecule has 1 unspecified atom stereocenters. The molecule has 0 bridgehead atoms. The van der Waals surface area contributed by atoms with Gasteiger partial charge in [0.05, 0.1) is 11.1 Å². The molecule has 1 aromatic carbocycles. The third-order valence-electron chi connectivity index (χ3n) is 3.34.